The molecule has 0 aliphatic heterocycles. The lowest BCUT2D eigenvalue weighted by molar-refractivity contribution is -0.116. The highest BCUT2D eigenvalue weighted by Gasteiger charge is 2.18. The van der Waals surface area contributed by atoms with Crippen LogP contribution in [0.5, 0.6) is 11.5 Å². The maximum atomic E-state index is 12.9. The van der Waals surface area contributed by atoms with Crippen molar-refractivity contribution in [2.24, 2.45) is 0 Å². The number of hydrogen-bond donors (Lipinski definition) is 1. The van der Waals surface area contributed by atoms with Crippen molar-refractivity contribution < 1.29 is 18.7 Å². The van der Waals surface area contributed by atoms with Crippen LogP contribution in [0.3, 0.4) is 0 Å². The Balaban J connectivity index is 1.68. The molecule has 29 heavy (non-hydrogen) atoms. The molecule has 148 valence electrons. The highest BCUT2D eigenvalue weighted by atomic mass is 16.5. The standard InChI is InChI=1S/C21H20N4O4/c1-13-23-24-21(29-13)18-10-14-6-4-5-7-17(14)25(18)12-20(26)22-16-11-15(27-2)8-9-19(16)28-3/h4-11H,12H2,1-3H3,(H,22,26). The number of ether oxygens (including phenoxy) is 2. The topological polar surface area (TPSA) is 91.4 Å². The molecule has 0 saturated heterocycles. The Kier molecular flexibility index (Phi) is 4.90. The number of nitrogens with zero attached hydrogens (tertiary/aromatic N) is 3. The fourth-order valence-electron chi connectivity index (χ4n) is 3.20. The number of nitrogens with one attached hydrogen (secondary N) is 1. The lowest BCUT2D eigenvalue weighted by Gasteiger charge is -2.13. The number of benzene rings is 2. The predicted molar refractivity (Wildman–Crippen MR) is 108 cm³/mol. The highest BCUT2D eigenvalue weighted by Crippen LogP contribution is 2.30. The van der Waals surface area contributed by atoms with E-state index in [1.54, 1.807) is 39.3 Å². The zero-order valence-electron chi connectivity index (χ0n) is 16.3. The third-order valence-electron chi connectivity index (χ3n) is 4.54. The van der Waals surface area contributed by atoms with E-state index in [0.717, 1.165) is 10.9 Å². The molecule has 0 saturated carbocycles. The summed E-state index contributed by atoms with van der Waals surface area (Å²) in [6, 6.07) is 14.9. The van der Waals surface area contributed by atoms with Crippen molar-refractivity contribution in [3.05, 3.63) is 54.4 Å². The van der Waals surface area contributed by atoms with Crippen molar-refractivity contribution in [2.45, 2.75) is 13.5 Å². The molecule has 1 N–H and O–H groups in total. The third-order valence-corrected chi connectivity index (χ3v) is 4.54. The van der Waals surface area contributed by atoms with Crippen LogP contribution in [0.15, 0.2) is 52.9 Å². The van der Waals surface area contributed by atoms with Crippen molar-refractivity contribution in [1.29, 1.82) is 0 Å². The number of carbonyl (C=O) groups is 1. The lowest BCUT2D eigenvalue weighted by atomic mass is 10.2. The molecule has 0 fully saturated rings. The summed E-state index contributed by atoms with van der Waals surface area (Å²) in [4.78, 5) is 12.9. The maximum Gasteiger partial charge on any atom is 0.264 e. The molecule has 0 aliphatic rings. The summed E-state index contributed by atoms with van der Waals surface area (Å²) in [7, 11) is 3.12. The molecule has 0 spiro atoms. The Bertz CT molecular complexity index is 1180. The zero-order valence-corrected chi connectivity index (χ0v) is 16.3. The van der Waals surface area contributed by atoms with Gasteiger partial charge in [-0.2, -0.15) is 0 Å². The molecule has 2 aromatic heterocycles. The van der Waals surface area contributed by atoms with Gasteiger partial charge in [-0.25, -0.2) is 0 Å². The largest absolute Gasteiger partial charge is 0.497 e. The van der Waals surface area contributed by atoms with Gasteiger partial charge in [0, 0.05) is 23.9 Å². The van der Waals surface area contributed by atoms with Gasteiger partial charge in [-0.15, -0.1) is 10.2 Å². The van der Waals surface area contributed by atoms with E-state index < -0.39 is 0 Å². The van der Waals surface area contributed by atoms with Gasteiger partial charge in [0.25, 0.3) is 5.89 Å². The molecule has 2 heterocycles. The number of aryl methyl sites for hydroxylation is 1. The van der Waals surface area contributed by atoms with Gasteiger partial charge in [0.1, 0.15) is 23.7 Å². The minimum Gasteiger partial charge on any atom is -0.497 e. The average molecular weight is 392 g/mol. The fourth-order valence-corrected chi connectivity index (χ4v) is 3.20. The van der Waals surface area contributed by atoms with Crippen LogP contribution in [-0.2, 0) is 11.3 Å². The quantitative estimate of drug-likeness (QED) is 0.538. The van der Waals surface area contributed by atoms with Gasteiger partial charge in [-0.3, -0.25) is 4.79 Å². The van der Waals surface area contributed by atoms with Crippen LogP contribution in [0.25, 0.3) is 22.5 Å². The Morgan fingerprint density at radius 1 is 1.10 bits per heavy atom. The maximum absolute atomic E-state index is 12.9. The molecule has 8 nitrogen and oxygen atoms in total. The Morgan fingerprint density at radius 3 is 2.66 bits per heavy atom. The predicted octanol–water partition coefficient (Wildman–Crippen LogP) is 3.66. The van der Waals surface area contributed by atoms with Gasteiger partial charge in [0.05, 0.1) is 19.9 Å². The first-order chi connectivity index (χ1) is 14.1. The molecule has 4 rings (SSSR count). The highest BCUT2D eigenvalue weighted by molar-refractivity contribution is 5.95. The zero-order chi connectivity index (χ0) is 20.4. The second kappa shape index (κ2) is 7.67. The monoisotopic (exact) mass is 392 g/mol. The number of methoxy groups -OCH3 is 2. The second-order valence-corrected chi connectivity index (χ2v) is 6.42. The van der Waals surface area contributed by atoms with Gasteiger partial charge >= 0.3 is 0 Å². The minimum atomic E-state index is -0.226. The SMILES string of the molecule is COc1ccc(OC)c(NC(=O)Cn2c(-c3nnc(C)o3)cc3ccccc32)c1. The van der Waals surface area contributed by atoms with Gasteiger partial charge < -0.3 is 23.8 Å². The van der Waals surface area contributed by atoms with Crippen molar-refractivity contribution in [3.63, 3.8) is 0 Å². The molecule has 8 heteroatoms. The van der Waals surface area contributed by atoms with E-state index in [9.17, 15) is 4.79 Å². The first-order valence-corrected chi connectivity index (χ1v) is 8.99. The van der Waals surface area contributed by atoms with Crippen molar-refractivity contribution in [3.8, 4) is 23.1 Å². The summed E-state index contributed by atoms with van der Waals surface area (Å²) >= 11 is 0. The fraction of sp³-hybridized carbons (Fsp3) is 0.190. The first kappa shape index (κ1) is 18.5. The molecular formula is C21H20N4O4. The number of para-hydroxylation sites is 1. The molecular weight excluding hydrogens is 372 g/mol. The molecule has 0 radical (unpaired) electrons. The van der Waals surface area contributed by atoms with E-state index in [2.05, 4.69) is 15.5 Å². The minimum absolute atomic E-state index is 0.0602. The van der Waals surface area contributed by atoms with E-state index in [4.69, 9.17) is 13.9 Å². The molecule has 4 aromatic rings. The number of amides is 1. The smallest absolute Gasteiger partial charge is 0.264 e. The van der Waals surface area contributed by atoms with E-state index >= 15 is 0 Å². The van der Waals surface area contributed by atoms with Crippen LogP contribution in [-0.4, -0.2) is 34.9 Å². The molecule has 0 atom stereocenters. The molecule has 0 unspecified atom stereocenters. The van der Waals surface area contributed by atoms with E-state index in [1.165, 1.54) is 0 Å². The van der Waals surface area contributed by atoms with Crippen LogP contribution in [0.1, 0.15) is 5.89 Å². The molecule has 0 bridgehead atoms. The molecule has 1 amide bonds. The first-order valence-electron chi connectivity index (χ1n) is 8.99. The van der Waals surface area contributed by atoms with Crippen LogP contribution < -0.4 is 14.8 Å². The number of aromatic nitrogens is 3. The Morgan fingerprint density at radius 2 is 1.93 bits per heavy atom. The second-order valence-electron chi connectivity index (χ2n) is 6.42. The third kappa shape index (κ3) is 3.64. The number of hydrogen-bond acceptors (Lipinski definition) is 6. The molecule has 0 aliphatic carbocycles. The van der Waals surface area contributed by atoms with Crippen LogP contribution in [0.4, 0.5) is 5.69 Å². The van der Waals surface area contributed by atoms with Gasteiger partial charge in [-0.05, 0) is 24.3 Å². The Hall–Kier alpha value is -3.81. The van der Waals surface area contributed by atoms with Crippen LogP contribution >= 0.6 is 0 Å². The number of rotatable bonds is 6. The summed E-state index contributed by atoms with van der Waals surface area (Å²) in [5.74, 6) is 1.77. The van der Waals surface area contributed by atoms with Crippen LogP contribution in [0, 0.1) is 6.92 Å². The number of carbonyl (C=O) groups excluding carboxylic acids is 1. The number of fused-ring (bicyclic) bond motifs is 1. The Labute approximate surface area is 167 Å². The van der Waals surface area contributed by atoms with Crippen molar-refractivity contribution in [2.75, 3.05) is 19.5 Å². The van der Waals surface area contributed by atoms with Gasteiger partial charge in [0.15, 0.2) is 0 Å². The summed E-state index contributed by atoms with van der Waals surface area (Å²) in [5, 5.41) is 11.9. The summed E-state index contributed by atoms with van der Waals surface area (Å²) in [6.45, 7) is 1.79. The van der Waals surface area contributed by atoms with E-state index in [1.807, 2.05) is 34.9 Å². The van der Waals surface area contributed by atoms with Gasteiger partial charge in [-0.1, -0.05) is 18.2 Å². The average Bonchev–Trinajstić information content (AvgIpc) is 3.31. The van der Waals surface area contributed by atoms with Crippen molar-refractivity contribution >= 4 is 22.5 Å². The van der Waals surface area contributed by atoms with Crippen LogP contribution in [0.2, 0.25) is 0 Å². The van der Waals surface area contributed by atoms with E-state index in [-0.39, 0.29) is 12.5 Å². The summed E-state index contributed by atoms with van der Waals surface area (Å²) in [5.41, 5.74) is 2.11. The lowest BCUT2D eigenvalue weighted by Crippen LogP contribution is -2.19. The number of anilines is 1. The molecule has 2 aromatic carbocycles. The van der Waals surface area contributed by atoms with Gasteiger partial charge in [0.2, 0.25) is 11.8 Å². The summed E-state index contributed by atoms with van der Waals surface area (Å²) in [6.07, 6.45) is 0. The van der Waals surface area contributed by atoms with Crippen molar-refractivity contribution in [1.82, 2.24) is 14.8 Å². The summed E-state index contributed by atoms with van der Waals surface area (Å²) < 4.78 is 18.0. The normalized spacial score (nSPS) is 10.9. The van der Waals surface area contributed by atoms with E-state index in [0.29, 0.717) is 34.7 Å².